The zero-order valence-corrected chi connectivity index (χ0v) is 22.3. The number of hydrogen-bond donors (Lipinski definition) is 2. The summed E-state index contributed by atoms with van der Waals surface area (Å²) in [6, 6.07) is 14.4. The normalized spacial score (nSPS) is 13.1. The molecule has 0 saturated heterocycles. The summed E-state index contributed by atoms with van der Waals surface area (Å²) < 4.78 is 10.3. The van der Waals surface area contributed by atoms with Gasteiger partial charge in [0.2, 0.25) is 12.2 Å². The van der Waals surface area contributed by atoms with Crippen LogP contribution < -0.4 is 11.6 Å². The first-order valence-corrected chi connectivity index (χ1v) is 12.5. The average molecular weight is 511 g/mol. The number of benzene rings is 2. The van der Waals surface area contributed by atoms with Gasteiger partial charge in [0.05, 0.1) is 0 Å². The van der Waals surface area contributed by atoms with E-state index < -0.39 is 24.3 Å². The largest absolute Gasteiger partial charge is 0.426 e. The Bertz CT molecular complexity index is 1100. The van der Waals surface area contributed by atoms with Crippen LogP contribution in [0.25, 0.3) is 11.1 Å². The van der Waals surface area contributed by atoms with E-state index in [1.165, 1.54) is 13.8 Å². The number of hydrogen-bond acceptors (Lipinski definition) is 7. The Morgan fingerprint density at radius 2 is 1.65 bits per heavy atom. The third-order valence-electron chi connectivity index (χ3n) is 5.85. The Morgan fingerprint density at radius 3 is 2.22 bits per heavy atom. The Labute approximate surface area is 218 Å². The second-order valence-corrected chi connectivity index (χ2v) is 9.18. The fraction of sp³-hybridized carbons (Fsp3) is 0.429. The molecule has 2 aromatic rings. The average Bonchev–Trinajstić information content (AvgIpc) is 2.86. The summed E-state index contributed by atoms with van der Waals surface area (Å²) in [6.45, 7) is 8.64. The highest BCUT2D eigenvalue weighted by molar-refractivity contribution is 6.03. The molecule has 9 heteroatoms. The molecule has 0 aliphatic carbocycles. The third-order valence-corrected chi connectivity index (χ3v) is 5.85. The molecular weight excluding hydrogens is 472 g/mol. The van der Waals surface area contributed by atoms with E-state index in [4.69, 9.17) is 21.1 Å². The fourth-order valence-electron chi connectivity index (χ4n) is 4.08. The highest BCUT2D eigenvalue weighted by Crippen LogP contribution is 2.25. The number of carbonyl (C=O) groups excluding carboxylic acids is 3. The topological polar surface area (TPSA) is 137 Å². The number of ether oxygens (including phenoxy) is 2. The van der Waals surface area contributed by atoms with Crippen LogP contribution >= 0.6 is 0 Å². The smallest absolute Gasteiger partial charge is 0.332 e. The Balaban J connectivity index is 2.35. The maximum absolute atomic E-state index is 13.3. The number of nitrogens with zero attached hydrogens (tertiary/aromatic N) is 2. The van der Waals surface area contributed by atoms with Crippen LogP contribution in [0, 0.1) is 5.92 Å². The molecule has 0 fully saturated rings. The molecule has 1 amide bonds. The van der Waals surface area contributed by atoms with Crippen LogP contribution in [0.1, 0.15) is 65.0 Å². The molecule has 0 aromatic heterocycles. The number of amides is 1. The van der Waals surface area contributed by atoms with Crippen LogP contribution in [0.3, 0.4) is 0 Å². The molecule has 200 valence electrons. The predicted octanol–water partition coefficient (Wildman–Crippen LogP) is 3.93. The van der Waals surface area contributed by atoms with Crippen LogP contribution in [0.4, 0.5) is 0 Å². The van der Waals surface area contributed by atoms with E-state index in [-0.39, 0.29) is 24.2 Å². The van der Waals surface area contributed by atoms with Crippen LogP contribution in [0.15, 0.2) is 53.6 Å². The van der Waals surface area contributed by atoms with E-state index in [1.54, 1.807) is 4.90 Å². The molecule has 2 rings (SSSR count). The van der Waals surface area contributed by atoms with Gasteiger partial charge in [-0.3, -0.25) is 9.59 Å². The van der Waals surface area contributed by atoms with E-state index in [0.29, 0.717) is 12.8 Å². The van der Waals surface area contributed by atoms with E-state index in [1.807, 2.05) is 69.3 Å². The van der Waals surface area contributed by atoms with Crippen molar-refractivity contribution < 1.29 is 23.9 Å². The van der Waals surface area contributed by atoms with Gasteiger partial charge in [-0.05, 0) is 29.0 Å². The van der Waals surface area contributed by atoms with Crippen molar-refractivity contribution in [2.24, 2.45) is 22.6 Å². The van der Waals surface area contributed by atoms with Crippen molar-refractivity contribution in [1.29, 1.82) is 0 Å². The summed E-state index contributed by atoms with van der Waals surface area (Å²) in [5.41, 5.74) is 9.31. The molecule has 0 heterocycles. The molecule has 0 aliphatic heterocycles. The maximum Gasteiger partial charge on any atom is 0.332 e. The Morgan fingerprint density at radius 1 is 1.00 bits per heavy atom. The van der Waals surface area contributed by atoms with Gasteiger partial charge < -0.3 is 25.9 Å². The third kappa shape index (κ3) is 8.34. The van der Waals surface area contributed by atoms with Crippen LogP contribution in [0.2, 0.25) is 0 Å². The zero-order chi connectivity index (χ0) is 27.5. The fourth-order valence-corrected chi connectivity index (χ4v) is 4.08. The highest BCUT2D eigenvalue weighted by Gasteiger charge is 2.34. The van der Waals surface area contributed by atoms with Crippen LogP contribution in [-0.4, -0.2) is 40.9 Å². The van der Waals surface area contributed by atoms with Crippen LogP contribution in [-0.2, 0) is 30.4 Å². The van der Waals surface area contributed by atoms with Gasteiger partial charge in [-0.2, -0.15) is 5.10 Å². The molecule has 1 unspecified atom stereocenters. The molecule has 0 radical (unpaired) electrons. The molecule has 2 aromatic carbocycles. The number of esters is 2. The number of carbonyl (C=O) groups is 3. The minimum atomic E-state index is -1.05. The van der Waals surface area contributed by atoms with Gasteiger partial charge in [-0.25, -0.2) is 4.79 Å². The van der Waals surface area contributed by atoms with Crippen molar-refractivity contribution in [3.05, 3.63) is 59.7 Å². The Kier molecular flexibility index (Phi) is 11.1. The van der Waals surface area contributed by atoms with E-state index in [9.17, 15) is 14.4 Å². The van der Waals surface area contributed by atoms with Crippen molar-refractivity contribution in [3.8, 4) is 11.1 Å². The van der Waals surface area contributed by atoms with Crippen molar-refractivity contribution in [2.45, 2.75) is 72.8 Å². The molecule has 0 spiro atoms. The first-order chi connectivity index (χ1) is 17.6. The lowest BCUT2D eigenvalue weighted by molar-refractivity contribution is -0.189. The monoisotopic (exact) mass is 510 g/mol. The summed E-state index contributed by atoms with van der Waals surface area (Å²) in [4.78, 5) is 39.2. The molecule has 0 saturated carbocycles. The molecule has 2 atom stereocenters. The van der Waals surface area contributed by atoms with E-state index >= 15 is 0 Å². The molecule has 0 aliphatic rings. The highest BCUT2D eigenvalue weighted by atomic mass is 16.7. The SMILES string of the molecule is CCCCC(=O)N(Cc1ccc(-c2ccccc2/C(N)=N/N)cc1)[C@H](C(=O)OC(C)OC(C)=O)C(C)C. The number of nitrogens with two attached hydrogens (primary N) is 2. The van der Waals surface area contributed by atoms with Crippen molar-refractivity contribution in [1.82, 2.24) is 4.90 Å². The molecule has 0 bridgehead atoms. The van der Waals surface area contributed by atoms with Gasteiger partial charge in [0, 0.05) is 32.4 Å². The lowest BCUT2D eigenvalue weighted by Gasteiger charge is -2.33. The van der Waals surface area contributed by atoms with Gasteiger partial charge in [-0.15, -0.1) is 0 Å². The van der Waals surface area contributed by atoms with E-state index in [0.717, 1.165) is 28.7 Å². The van der Waals surface area contributed by atoms with Gasteiger partial charge in [0.15, 0.2) is 5.84 Å². The van der Waals surface area contributed by atoms with E-state index in [2.05, 4.69) is 5.10 Å². The second kappa shape index (κ2) is 14.0. The van der Waals surface area contributed by atoms with Gasteiger partial charge >= 0.3 is 11.9 Å². The predicted molar refractivity (Wildman–Crippen MR) is 143 cm³/mol. The molecule has 4 N–H and O–H groups in total. The second-order valence-electron chi connectivity index (χ2n) is 9.18. The lowest BCUT2D eigenvalue weighted by atomic mass is 9.97. The standard InChI is InChI=1S/C28H38N4O5/c1-6-7-12-25(34)32(26(18(2)3)28(35)37-20(5)36-19(4)33)17-21-13-15-22(16-14-21)23-10-8-9-11-24(23)27(29)31-30/h8-11,13-16,18,20,26H,6-7,12,17,30H2,1-5H3,(H2,29,31)/t20?,26-/m0/s1. The summed E-state index contributed by atoms with van der Waals surface area (Å²) in [5.74, 6) is 4.08. The summed E-state index contributed by atoms with van der Waals surface area (Å²) in [7, 11) is 0. The minimum Gasteiger partial charge on any atom is -0.426 e. The van der Waals surface area contributed by atoms with Crippen molar-refractivity contribution >= 4 is 23.7 Å². The number of hydrazone groups is 1. The minimum absolute atomic E-state index is 0.140. The zero-order valence-electron chi connectivity index (χ0n) is 22.3. The van der Waals surface area contributed by atoms with Gasteiger partial charge in [0.1, 0.15) is 6.04 Å². The lowest BCUT2D eigenvalue weighted by Crippen LogP contribution is -2.49. The first-order valence-electron chi connectivity index (χ1n) is 12.5. The van der Waals surface area contributed by atoms with Crippen LogP contribution in [0.5, 0.6) is 0 Å². The van der Waals surface area contributed by atoms with Crippen molar-refractivity contribution in [3.63, 3.8) is 0 Å². The Hall–Kier alpha value is -3.88. The molecule has 37 heavy (non-hydrogen) atoms. The summed E-state index contributed by atoms with van der Waals surface area (Å²) >= 11 is 0. The number of rotatable bonds is 12. The number of amidine groups is 1. The van der Waals surface area contributed by atoms with Gasteiger partial charge in [-0.1, -0.05) is 75.7 Å². The maximum atomic E-state index is 13.3. The molecular formula is C28H38N4O5. The van der Waals surface area contributed by atoms with Gasteiger partial charge in [0.25, 0.3) is 0 Å². The molecule has 9 nitrogen and oxygen atoms in total. The first kappa shape index (κ1) is 29.4. The summed E-state index contributed by atoms with van der Waals surface area (Å²) in [6.07, 6.45) is 0.820. The summed E-state index contributed by atoms with van der Waals surface area (Å²) in [5, 5.41) is 3.61. The van der Waals surface area contributed by atoms with Crippen molar-refractivity contribution in [2.75, 3.05) is 0 Å². The quantitative estimate of drug-likeness (QED) is 0.110. The number of unbranched alkanes of at least 4 members (excludes halogenated alkanes) is 1.